The molecule has 1 aliphatic heterocycles. The molecule has 0 radical (unpaired) electrons. The maximum absolute atomic E-state index is 13.9. The number of primary amides is 1. The summed E-state index contributed by atoms with van der Waals surface area (Å²) < 4.78 is 46.9. The fourth-order valence-electron chi connectivity index (χ4n) is 4.31. The molecule has 1 amide bonds. The highest BCUT2D eigenvalue weighted by atomic mass is 19.4. The van der Waals surface area contributed by atoms with Gasteiger partial charge in [0.1, 0.15) is 5.75 Å². The second kappa shape index (κ2) is 6.13. The Bertz CT molecular complexity index is 1110. The molecule has 1 aromatic heterocycles. The largest absolute Gasteiger partial charge is 0.508 e. The molecule has 1 atom stereocenters. The van der Waals surface area contributed by atoms with Gasteiger partial charge in [-0.15, -0.1) is 0 Å². The third-order valence-electron chi connectivity index (χ3n) is 5.54. The van der Waals surface area contributed by atoms with Crippen LogP contribution in [0.25, 0.3) is 5.57 Å². The van der Waals surface area contributed by atoms with Gasteiger partial charge in [-0.2, -0.15) is 13.2 Å². The van der Waals surface area contributed by atoms with Gasteiger partial charge in [-0.1, -0.05) is 6.07 Å². The number of aromatic hydroxyl groups is 1. The molecular weight excluding hydrogens is 387 g/mol. The van der Waals surface area contributed by atoms with Crippen molar-refractivity contribution in [2.75, 3.05) is 6.61 Å². The van der Waals surface area contributed by atoms with Gasteiger partial charge in [-0.3, -0.25) is 4.79 Å². The number of allylic oxidation sites excluding steroid dienone is 1. The quantitative estimate of drug-likeness (QED) is 0.711. The molecule has 6 nitrogen and oxygen atoms in total. The van der Waals surface area contributed by atoms with Crippen molar-refractivity contribution in [3.63, 3.8) is 0 Å². The molecule has 1 unspecified atom stereocenters. The predicted molar refractivity (Wildman–Crippen MR) is 98.2 cm³/mol. The highest BCUT2D eigenvalue weighted by Crippen LogP contribution is 2.53. The summed E-state index contributed by atoms with van der Waals surface area (Å²) in [6, 6.07) is 3.15. The first-order valence-electron chi connectivity index (χ1n) is 8.89. The highest BCUT2D eigenvalue weighted by Gasteiger charge is 2.47. The minimum atomic E-state index is -4.84. The Balaban J connectivity index is 2.16. The van der Waals surface area contributed by atoms with Gasteiger partial charge in [0, 0.05) is 23.2 Å². The van der Waals surface area contributed by atoms with Gasteiger partial charge in [0.05, 0.1) is 18.1 Å². The van der Waals surface area contributed by atoms with E-state index in [-0.39, 0.29) is 40.6 Å². The molecule has 0 saturated heterocycles. The summed E-state index contributed by atoms with van der Waals surface area (Å²) in [5, 5.41) is 10.2. The summed E-state index contributed by atoms with van der Waals surface area (Å²) in [6.45, 7) is 3.58. The Labute approximate surface area is 164 Å². The van der Waals surface area contributed by atoms with Crippen molar-refractivity contribution in [1.82, 2.24) is 4.98 Å². The number of carbonyl (C=O) groups excluding carboxylic acids is 1. The molecule has 9 heteroatoms. The summed E-state index contributed by atoms with van der Waals surface area (Å²) in [4.78, 5) is 15.8. The second-order valence-electron chi connectivity index (χ2n) is 7.20. The van der Waals surface area contributed by atoms with Crippen LogP contribution >= 0.6 is 0 Å². The molecule has 2 aliphatic rings. The van der Waals surface area contributed by atoms with Gasteiger partial charge in [0.25, 0.3) is 5.91 Å². The fraction of sp³-hybridized carbons (Fsp3) is 0.300. The molecule has 5 N–H and O–H groups in total. The fourth-order valence-corrected chi connectivity index (χ4v) is 4.31. The number of phenolic OH excluding ortho intramolecular Hbond substituents is 1. The van der Waals surface area contributed by atoms with E-state index in [1.54, 1.807) is 19.9 Å². The van der Waals surface area contributed by atoms with E-state index >= 15 is 0 Å². The summed E-state index contributed by atoms with van der Waals surface area (Å²) in [5.41, 5.74) is 12.0. The molecule has 0 fully saturated rings. The van der Waals surface area contributed by atoms with E-state index in [2.05, 4.69) is 4.98 Å². The predicted octanol–water partition coefficient (Wildman–Crippen LogP) is 2.66. The highest BCUT2D eigenvalue weighted by molar-refractivity contribution is 6.22. The number of nitrogens with zero attached hydrogens (tertiary/aromatic N) is 1. The molecule has 1 aromatic carbocycles. The number of amides is 1. The Hall–Kier alpha value is -3.23. The number of aromatic nitrogens is 1. The number of ether oxygens (including phenoxy) is 1. The summed E-state index contributed by atoms with van der Waals surface area (Å²) in [5.74, 6) is -2.08. The molecule has 2 heterocycles. The van der Waals surface area contributed by atoms with E-state index in [4.69, 9.17) is 16.2 Å². The van der Waals surface area contributed by atoms with E-state index in [9.17, 15) is 23.1 Å². The van der Waals surface area contributed by atoms with E-state index < -0.39 is 23.7 Å². The maximum Gasteiger partial charge on any atom is 0.434 e. The van der Waals surface area contributed by atoms with Crippen LogP contribution in [-0.2, 0) is 17.4 Å². The number of hydrogen-bond acceptors (Lipinski definition) is 5. The molecule has 0 bridgehead atoms. The van der Waals surface area contributed by atoms with Crippen LogP contribution in [-0.4, -0.2) is 22.6 Å². The summed E-state index contributed by atoms with van der Waals surface area (Å²) >= 11 is 0. The number of phenols is 1. The van der Waals surface area contributed by atoms with Gasteiger partial charge in [0.2, 0.25) is 5.88 Å². The zero-order chi connectivity index (χ0) is 21.2. The van der Waals surface area contributed by atoms with Crippen LogP contribution in [0, 0.1) is 13.8 Å². The molecule has 4 rings (SSSR count). The number of carbonyl (C=O) groups is 1. The number of fused-ring (bicyclic) bond motifs is 3. The molecule has 152 valence electrons. The summed E-state index contributed by atoms with van der Waals surface area (Å²) in [7, 11) is 0. The van der Waals surface area contributed by atoms with Gasteiger partial charge in [0.15, 0.2) is 5.69 Å². The molecule has 0 spiro atoms. The normalized spacial score (nSPS) is 17.9. The van der Waals surface area contributed by atoms with E-state index in [1.165, 1.54) is 6.07 Å². The van der Waals surface area contributed by atoms with Gasteiger partial charge in [-0.25, -0.2) is 4.98 Å². The Morgan fingerprint density at radius 1 is 1.28 bits per heavy atom. The minimum Gasteiger partial charge on any atom is -0.508 e. The SMILES string of the molecule is Cc1ccc(O)c(C)c1C1C(N)=C(C(N)=O)c2c(C(F)(F)F)nc3c(c21)CCO3. The van der Waals surface area contributed by atoms with E-state index in [1.807, 2.05) is 0 Å². The van der Waals surface area contributed by atoms with Crippen LogP contribution in [0.1, 0.15) is 45.0 Å². The third-order valence-corrected chi connectivity index (χ3v) is 5.54. The van der Waals surface area contributed by atoms with Crippen LogP contribution in [0.5, 0.6) is 11.6 Å². The topological polar surface area (TPSA) is 111 Å². The lowest BCUT2D eigenvalue weighted by atomic mass is 9.83. The van der Waals surface area contributed by atoms with Crippen molar-refractivity contribution in [3.8, 4) is 11.6 Å². The van der Waals surface area contributed by atoms with Crippen molar-refractivity contribution in [2.45, 2.75) is 32.4 Å². The molecule has 2 aromatic rings. The van der Waals surface area contributed by atoms with Gasteiger partial charge >= 0.3 is 6.18 Å². The standard InChI is InChI=1S/C20H18F3N3O3/c1-7-3-4-10(27)8(2)11(7)13-12-9-5-6-29-19(9)26-17(20(21,22)23)14(12)15(16(13)24)18(25)28/h3-4,13,27H,5-6,24H2,1-2H3,(H2,25,28). The Morgan fingerprint density at radius 3 is 2.59 bits per heavy atom. The number of pyridine rings is 1. The van der Waals surface area contributed by atoms with Crippen molar-refractivity contribution in [3.05, 3.63) is 56.9 Å². The first-order valence-corrected chi connectivity index (χ1v) is 8.89. The third kappa shape index (κ3) is 2.64. The van der Waals surface area contributed by atoms with Crippen molar-refractivity contribution >= 4 is 11.5 Å². The maximum atomic E-state index is 13.9. The zero-order valence-corrected chi connectivity index (χ0v) is 15.6. The smallest absolute Gasteiger partial charge is 0.434 e. The number of benzene rings is 1. The van der Waals surface area contributed by atoms with Crippen molar-refractivity contribution in [2.24, 2.45) is 11.5 Å². The van der Waals surface area contributed by atoms with Crippen LogP contribution in [0.15, 0.2) is 17.8 Å². The van der Waals surface area contributed by atoms with Crippen LogP contribution in [0.3, 0.4) is 0 Å². The average Bonchev–Trinajstić information content (AvgIpc) is 3.19. The van der Waals surface area contributed by atoms with Crippen molar-refractivity contribution < 1.29 is 27.8 Å². The van der Waals surface area contributed by atoms with E-state index in [0.717, 1.165) is 0 Å². The van der Waals surface area contributed by atoms with Crippen LogP contribution in [0.4, 0.5) is 13.2 Å². The van der Waals surface area contributed by atoms with Crippen molar-refractivity contribution in [1.29, 1.82) is 0 Å². The number of aryl methyl sites for hydroxylation is 1. The molecule has 0 saturated carbocycles. The number of nitrogens with two attached hydrogens (primary N) is 2. The number of rotatable bonds is 2. The molecule has 29 heavy (non-hydrogen) atoms. The zero-order valence-electron chi connectivity index (χ0n) is 15.6. The lowest BCUT2D eigenvalue weighted by molar-refractivity contribution is -0.141. The first kappa shape index (κ1) is 19.1. The number of alkyl halides is 3. The molecular formula is C20H18F3N3O3. The summed E-state index contributed by atoms with van der Waals surface area (Å²) in [6.07, 6.45) is -4.51. The minimum absolute atomic E-state index is 0.0227. The van der Waals surface area contributed by atoms with Crippen LogP contribution < -0.4 is 16.2 Å². The van der Waals surface area contributed by atoms with E-state index in [0.29, 0.717) is 28.7 Å². The number of halogens is 3. The molecule has 1 aliphatic carbocycles. The second-order valence-corrected chi connectivity index (χ2v) is 7.20. The first-order chi connectivity index (χ1) is 13.5. The lowest BCUT2D eigenvalue weighted by Gasteiger charge is -2.23. The van der Waals surface area contributed by atoms with Gasteiger partial charge < -0.3 is 21.3 Å². The van der Waals surface area contributed by atoms with Gasteiger partial charge in [-0.05, 0) is 42.2 Å². The van der Waals surface area contributed by atoms with Crippen LogP contribution in [0.2, 0.25) is 0 Å². The lowest BCUT2D eigenvalue weighted by Crippen LogP contribution is -2.19. The Kier molecular flexibility index (Phi) is 4.04. The number of hydrogen-bond donors (Lipinski definition) is 3. The monoisotopic (exact) mass is 405 g/mol. The average molecular weight is 405 g/mol. The Morgan fingerprint density at radius 2 is 1.97 bits per heavy atom.